The van der Waals surface area contributed by atoms with Crippen LogP contribution in [0.2, 0.25) is 0 Å². The summed E-state index contributed by atoms with van der Waals surface area (Å²) in [6.45, 7) is -0.0151. The monoisotopic (exact) mass is 286 g/mol. The van der Waals surface area contributed by atoms with Gasteiger partial charge in [-0.3, -0.25) is 0 Å². The molecule has 0 heterocycles. The average Bonchev–Trinajstić information content (AvgIpc) is 2.24. The molecule has 0 aromatic heterocycles. The molecule has 0 unspecified atom stereocenters. The molecule has 0 atom stereocenters. The number of alkyl halides is 1. The van der Waals surface area contributed by atoms with E-state index in [0.717, 1.165) is 0 Å². The minimum Gasteiger partial charge on any atom is -0.464 e. The van der Waals surface area contributed by atoms with Crippen molar-refractivity contribution in [1.82, 2.24) is 0 Å². The van der Waals surface area contributed by atoms with Crippen molar-refractivity contribution in [1.29, 1.82) is 0 Å². The van der Waals surface area contributed by atoms with Crippen LogP contribution in [-0.2, 0) is 23.8 Å². The van der Waals surface area contributed by atoms with Gasteiger partial charge in [-0.15, -0.1) is 0 Å². The van der Waals surface area contributed by atoms with Gasteiger partial charge in [0.15, 0.2) is 0 Å². The summed E-state index contributed by atoms with van der Waals surface area (Å²) >= 11 is 2.43. The fourth-order valence-electron chi connectivity index (χ4n) is 0.710. The molecule has 6 heteroatoms. The van der Waals surface area contributed by atoms with Crippen LogP contribution in [0.3, 0.4) is 0 Å². The van der Waals surface area contributed by atoms with E-state index in [9.17, 15) is 9.59 Å². The molecule has 0 bridgehead atoms. The number of ether oxygens (including phenoxy) is 3. The molecule has 0 radical (unpaired) electrons. The molecule has 15 heavy (non-hydrogen) atoms. The van der Waals surface area contributed by atoms with E-state index in [1.807, 2.05) is 0 Å². The first-order valence-corrected chi connectivity index (χ1v) is 5.06. The molecule has 0 N–H and O–H groups in total. The van der Waals surface area contributed by atoms with Crippen LogP contribution >= 0.6 is 15.9 Å². The van der Waals surface area contributed by atoms with Crippen molar-refractivity contribution in [3.63, 3.8) is 0 Å². The summed E-state index contributed by atoms with van der Waals surface area (Å²) in [4.78, 5) is 23.0. The molecule has 0 saturated heterocycles. The fourth-order valence-corrected chi connectivity index (χ4v) is 0.803. The molecule has 0 aromatic carbocycles. The molecule has 5 nitrogen and oxygen atoms in total. The summed E-state index contributed by atoms with van der Waals surface area (Å²) in [5, 5.41) is -2.60. The van der Waals surface area contributed by atoms with Crippen LogP contribution < -0.4 is 0 Å². The highest BCUT2D eigenvalue weighted by Gasteiger charge is 2.30. The van der Waals surface area contributed by atoms with Crippen LogP contribution in [0.1, 0.15) is 19.3 Å². The summed E-state index contributed by atoms with van der Waals surface area (Å²) in [7, 11) is 0. The minimum absolute atomic E-state index is 0.0394. The van der Waals surface area contributed by atoms with Crippen LogP contribution in [0.15, 0.2) is 0 Å². The summed E-state index contributed by atoms with van der Waals surface area (Å²) in [5.41, 5.74) is 0. The van der Waals surface area contributed by atoms with Gasteiger partial charge >= 0.3 is 11.9 Å². The number of halogens is 1. The van der Waals surface area contributed by atoms with E-state index in [-0.39, 0.29) is 13.2 Å². The zero-order valence-electron chi connectivity index (χ0n) is 12.4. The van der Waals surface area contributed by atoms with Gasteiger partial charge in [0.05, 0.1) is 22.5 Å². The highest BCUT2D eigenvalue weighted by atomic mass is 79.9. The van der Waals surface area contributed by atoms with Gasteiger partial charge in [0, 0.05) is 8.02 Å². The number of carbonyl (C=O) groups is 2. The number of hydrogen-bond acceptors (Lipinski definition) is 5. The molecule has 88 valence electrons. The second-order valence-electron chi connectivity index (χ2n) is 2.20. The van der Waals surface area contributed by atoms with E-state index in [0.29, 0.717) is 0 Å². The SMILES string of the molecule is [2H]C([2H])(Br)C([2H])([2H])OC(C(=O)OCC)C(=O)OCC. The average molecular weight is 287 g/mol. The van der Waals surface area contributed by atoms with E-state index < -0.39 is 29.9 Å². The maximum absolute atomic E-state index is 11.5. The Morgan fingerprint density at radius 3 is 2.07 bits per heavy atom. The molecule has 0 amide bonds. The van der Waals surface area contributed by atoms with Crippen molar-refractivity contribution in [3.8, 4) is 0 Å². The second kappa shape index (κ2) is 8.67. The van der Waals surface area contributed by atoms with Gasteiger partial charge in [-0.1, -0.05) is 15.9 Å². The van der Waals surface area contributed by atoms with Gasteiger partial charge in [0.2, 0.25) is 0 Å². The van der Waals surface area contributed by atoms with Gasteiger partial charge in [-0.25, -0.2) is 9.59 Å². The minimum atomic E-state index is -2.93. The van der Waals surface area contributed by atoms with Crippen LogP contribution in [0, 0.1) is 0 Å². The molecule has 0 aliphatic rings. The van der Waals surface area contributed by atoms with E-state index >= 15 is 0 Å². The highest BCUT2D eigenvalue weighted by Crippen LogP contribution is 2.00. The first-order chi connectivity index (χ1) is 8.56. The third-order valence-corrected chi connectivity index (χ3v) is 1.38. The lowest BCUT2D eigenvalue weighted by atomic mass is 10.3. The van der Waals surface area contributed by atoms with Gasteiger partial charge in [-0.05, 0) is 13.8 Å². The largest absolute Gasteiger partial charge is 0.464 e. The van der Waals surface area contributed by atoms with Crippen LogP contribution in [0.4, 0.5) is 0 Å². The lowest BCUT2D eigenvalue weighted by Crippen LogP contribution is -2.36. The molecule has 0 spiro atoms. The Bertz CT molecular complexity index is 313. The summed E-state index contributed by atoms with van der Waals surface area (Å²) in [5.74, 6) is -2.27. The summed E-state index contributed by atoms with van der Waals surface area (Å²) in [6, 6.07) is 0. The lowest BCUT2D eigenvalue weighted by Gasteiger charge is -2.14. The maximum Gasteiger partial charge on any atom is 0.347 e. The topological polar surface area (TPSA) is 61.8 Å². The van der Waals surface area contributed by atoms with Crippen molar-refractivity contribution in [3.05, 3.63) is 0 Å². The Labute approximate surface area is 103 Å². The van der Waals surface area contributed by atoms with Gasteiger partial charge in [-0.2, -0.15) is 0 Å². The second-order valence-corrected chi connectivity index (χ2v) is 2.60. The third kappa shape index (κ3) is 5.74. The van der Waals surface area contributed by atoms with Crippen LogP contribution in [0.5, 0.6) is 0 Å². The zero-order chi connectivity index (χ0) is 15.3. The molecule has 0 aliphatic carbocycles. The molecule has 0 aliphatic heterocycles. The summed E-state index contributed by atoms with van der Waals surface area (Å²) < 4.78 is 42.8. The lowest BCUT2D eigenvalue weighted by molar-refractivity contribution is -0.172. The zero-order valence-corrected chi connectivity index (χ0v) is 10.00. The molecular formula is C9H15BrO5. The number of esters is 2. The van der Waals surface area contributed by atoms with Crippen LogP contribution in [0.25, 0.3) is 0 Å². The first-order valence-electron chi connectivity index (χ1n) is 6.26. The Morgan fingerprint density at radius 2 is 1.73 bits per heavy atom. The van der Waals surface area contributed by atoms with E-state index in [2.05, 4.69) is 30.1 Å². The quantitative estimate of drug-likeness (QED) is 0.395. The number of rotatable bonds is 7. The number of carbonyl (C=O) groups excluding carboxylic acids is 2. The maximum atomic E-state index is 11.5. The predicted molar refractivity (Wildman–Crippen MR) is 56.8 cm³/mol. The Hall–Kier alpha value is -0.620. The van der Waals surface area contributed by atoms with E-state index in [4.69, 9.17) is 5.48 Å². The smallest absolute Gasteiger partial charge is 0.347 e. The van der Waals surface area contributed by atoms with Crippen molar-refractivity contribution in [2.45, 2.75) is 20.0 Å². The molecular weight excluding hydrogens is 268 g/mol. The van der Waals surface area contributed by atoms with E-state index in [1.165, 1.54) is 13.8 Å². The van der Waals surface area contributed by atoms with Gasteiger partial charge < -0.3 is 14.2 Å². The van der Waals surface area contributed by atoms with Crippen molar-refractivity contribution >= 4 is 27.9 Å². The van der Waals surface area contributed by atoms with E-state index in [1.54, 1.807) is 0 Å². The molecule has 0 aromatic rings. The molecule has 0 saturated carbocycles. The Balaban J connectivity index is 5.06. The summed E-state index contributed by atoms with van der Waals surface area (Å²) in [6.07, 6.45) is -1.98. The fraction of sp³-hybridized carbons (Fsp3) is 0.778. The first kappa shape index (κ1) is 8.52. The van der Waals surface area contributed by atoms with Gasteiger partial charge in [0.25, 0.3) is 6.10 Å². The van der Waals surface area contributed by atoms with Crippen molar-refractivity contribution < 1.29 is 29.3 Å². The Morgan fingerprint density at radius 1 is 1.27 bits per heavy atom. The normalized spacial score (nSPS) is 16.0. The Kier molecular flexibility index (Phi) is 4.93. The van der Waals surface area contributed by atoms with Gasteiger partial charge in [0.1, 0.15) is 0 Å². The third-order valence-electron chi connectivity index (χ3n) is 1.22. The molecule has 0 rings (SSSR count). The van der Waals surface area contributed by atoms with Crippen molar-refractivity contribution in [2.24, 2.45) is 0 Å². The van der Waals surface area contributed by atoms with Crippen LogP contribution in [-0.4, -0.2) is 43.1 Å². The number of hydrogen-bond donors (Lipinski definition) is 0. The predicted octanol–water partition coefficient (Wildman–Crippen LogP) is 0.893. The molecule has 0 fully saturated rings. The standard InChI is InChI=1S/C9H15BrO5/c1-3-13-8(11)7(15-6-5-10)9(12)14-4-2/h7H,3-6H2,1-2H3/i5D2,6D2. The highest BCUT2D eigenvalue weighted by molar-refractivity contribution is 9.09. The van der Waals surface area contributed by atoms with Crippen molar-refractivity contribution in [2.75, 3.05) is 25.1 Å².